The zero-order valence-electron chi connectivity index (χ0n) is 18.1. The first-order valence-corrected chi connectivity index (χ1v) is 11.2. The Kier molecular flexibility index (Phi) is 5.59. The number of carbonyl (C=O) groups is 1. The molecule has 5 rings (SSSR count). The third-order valence-electron chi connectivity index (χ3n) is 6.55. The molecule has 31 heavy (non-hydrogen) atoms. The van der Waals surface area contributed by atoms with E-state index in [2.05, 4.69) is 38.2 Å². The van der Waals surface area contributed by atoms with Gasteiger partial charge < -0.3 is 14.7 Å². The first-order chi connectivity index (χ1) is 15.2. The van der Waals surface area contributed by atoms with Crippen LogP contribution in [0, 0.1) is 5.92 Å². The first-order valence-electron chi connectivity index (χ1n) is 11.2. The monoisotopic (exact) mass is 422 g/mol. The lowest BCUT2D eigenvalue weighted by atomic mass is 10.00. The molecule has 1 amide bonds. The number of hydrogen-bond donors (Lipinski definition) is 1. The second kappa shape index (κ2) is 8.66. The number of pyridine rings is 1. The molecule has 2 fully saturated rings. The van der Waals surface area contributed by atoms with Crippen LogP contribution in [0.3, 0.4) is 0 Å². The van der Waals surface area contributed by atoms with Gasteiger partial charge in [0.1, 0.15) is 6.54 Å². The minimum Gasteiger partial charge on any atom is -0.367 e. The smallest absolute Gasteiger partial charge is 0.243 e. The Bertz CT molecular complexity index is 907. The number of rotatable bonds is 4. The highest BCUT2D eigenvalue weighted by atomic mass is 16.2. The molecule has 0 aliphatic carbocycles. The van der Waals surface area contributed by atoms with Crippen LogP contribution in [-0.2, 0) is 11.3 Å². The van der Waals surface area contributed by atoms with Gasteiger partial charge in [-0.25, -0.2) is 10.4 Å². The van der Waals surface area contributed by atoms with Crippen LogP contribution in [0.25, 0.3) is 0 Å². The lowest BCUT2D eigenvalue weighted by molar-refractivity contribution is -0.130. The van der Waals surface area contributed by atoms with E-state index in [1.165, 1.54) is 12.8 Å². The number of aromatic nitrogens is 3. The average molecular weight is 423 g/mol. The Morgan fingerprint density at radius 3 is 2.65 bits per heavy atom. The predicted octanol–water partition coefficient (Wildman–Crippen LogP) is 1.28. The molecule has 2 aromatic rings. The van der Waals surface area contributed by atoms with Crippen LogP contribution in [0.2, 0.25) is 0 Å². The van der Waals surface area contributed by atoms with Gasteiger partial charge in [0.15, 0.2) is 5.82 Å². The molecule has 2 saturated heterocycles. The molecule has 3 aliphatic heterocycles. The number of nitrogens with zero attached hydrogens (tertiary/aromatic N) is 7. The zero-order chi connectivity index (χ0) is 21.2. The van der Waals surface area contributed by atoms with E-state index in [-0.39, 0.29) is 12.5 Å². The minimum absolute atomic E-state index is 0.123. The summed E-state index contributed by atoms with van der Waals surface area (Å²) in [5.41, 5.74) is 5.47. The fraction of sp³-hybridized carbons (Fsp3) is 0.545. The molecular weight excluding hydrogens is 392 g/mol. The molecule has 2 aromatic heterocycles. The Morgan fingerprint density at radius 2 is 1.90 bits per heavy atom. The maximum atomic E-state index is 13.0. The Labute approximate surface area is 183 Å². The fourth-order valence-electron chi connectivity index (χ4n) is 4.48. The molecule has 1 N–H and O–H groups in total. The van der Waals surface area contributed by atoms with E-state index >= 15 is 0 Å². The summed E-state index contributed by atoms with van der Waals surface area (Å²) in [4.78, 5) is 33.1. The molecule has 9 nitrogen and oxygen atoms in total. The van der Waals surface area contributed by atoms with E-state index in [4.69, 9.17) is 4.98 Å². The van der Waals surface area contributed by atoms with Crippen molar-refractivity contribution < 1.29 is 4.79 Å². The van der Waals surface area contributed by atoms with Crippen molar-refractivity contribution in [3.63, 3.8) is 0 Å². The Morgan fingerprint density at radius 1 is 1.10 bits per heavy atom. The number of carbonyl (C=O) groups excluding carboxylic acids is 1. The Hall–Kier alpha value is -2.94. The number of amides is 1. The maximum Gasteiger partial charge on any atom is 0.243 e. The number of hydrogen-bond acceptors (Lipinski definition) is 8. The molecule has 0 saturated carbocycles. The number of nitrogens with one attached hydrogen (secondary N) is 1. The number of anilines is 3. The normalized spacial score (nSPS) is 19.6. The summed E-state index contributed by atoms with van der Waals surface area (Å²) in [5.74, 6) is 2.50. The van der Waals surface area contributed by atoms with Gasteiger partial charge in [0.25, 0.3) is 0 Å². The van der Waals surface area contributed by atoms with Crippen molar-refractivity contribution in [2.45, 2.75) is 26.3 Å². The molecule has 0 bridgehead atoms. The van der Waals surface area contributed by atoms with Crippen molar-refractivity contribution in [2.24, 2.45) is 5.92 Å². The molecule has 0 unspecified atom stereocenters. The van der Waals surface area contributed by atoms with Gasteiger partial charge in [0, 0.05) is 63.8 Å². The van der Waals surface area contributed by atoms with Crippen LogP contribution in [-0.4, -0.2) is 71.6 Å². The Balaban J connectivity index is 1.20. The van der Waals surface area contributed by atoms with E-state index < -0.39 is 0 Å². The summed E-state index contributed by atoms with van der Waals surface area (Å²) in [5, 5.41) is 1.89. The van der Waals surface area contributed by atoms with Gasteiger partial charge in [-0.05, 0) is 30.9 Å². The van der Waals surface area contributed by atoms with Gasteiger partial charge >= 0.3 is 0 Å². The zero-order valence-corrected chi connectivity index (χ0v) is 18.1. The van der Waals surface area contributed by atoms with Crippen LogP contribution < -0.4 is 20.2 Å². The fourth-order valence-corrected chi connectivity index (χ4v) is 4.48. The number of hydrazine groups is 1. The highest BCUT2D eigenvalue weighted by Crippen LogP contribution is 2.26. The molecule has 164 valence electrons. The summed E-state index contributed by atoms with van der Waals surface area (Å²) in [6.45, 7) is 8.31. The van der Waals surface area contributed by atoms with E-state index in [1.54, 1.807) is 6.20 Å². The second-order valence-corrected chi connectivity index (χ2v) is 8.69. The number of piperazine rings is 1. The predicted molar refractivity (Wildman–Crippen MR) is 120 cm³/mol. The standard InChI is InChI=1S/C22H30N8O/c1-17-4-7-29(8-5-17)22-24-13-18-14-25-30(21(18)26-22)16-20(31)28-11-9-27(10-12-28)19-3-2-6-23-15-19/h2-3,6,13,15,17,25H,4-5,7-12,14,16H2,1H3. The third kappa shape index (κ3) is 4.27. The van der Waals surface area contributed by atoms with Gasteiger partial charge in [-0.2, -0.15) is 4.98 Å². The van der Waals surface area contributed by atoms with Gasteiger partial charge in [-0.3, -0.25) is 14.8 Å². The summed E-state index contributed by atoms with van der Waals surface area (Å²) in [7, 11) is 0. The number of piperidine rings is 1. The van der Waals surface area contributed by atoms with Crippen molar-refractivity contribution >= 4 is 23.4 Å². The highest BCUT2D eigenvalue weighted by molar-refractivity contribution is 5.82. The van der Waals surface area contributed by atoms with Crippen molar-refractivity contribution in [2.75, 3.05) is 60.6 Å². The van der Waals surface area contributed by atoms with Gasteiger partial charge in [0.05, 0.1) is 11.9 Å². The van der Waals surface area contributed by atoms with Gasteiger partial charge in [-0.15, -0.1) is 0 Å². The summed E-state index contributed by atoms with van der Waals surface area (Å²) >= 11 is 0. The number of fused-ring (bicyclic) bond motifs is 1. The maximum absolute atomic E-state index is 13.0. The summed E-state index contributed by atoms with van der Waals surface area (Å²) in [6.07, 6.45) is 7.91. The van der Waals surface area contributed by atoms with Crippen LogP contribution in [0.1, 0.15) is 25.3 Å². The molecule has 9 heteroatoms. The lowest BCUT2D eigenvalue weighted by Crippen LogP contribution is -2.52. The summed E-state index contributed by atoms with van der Waals surface area (Å²) < 4.78 is 0. The van der Waals surface area contributed by atoms with Crippen molar-refractivity contribution in [1.29, 1.82) is 0 Å². The quantitative estimate of drug-likeness (QED) is 0.789. The molecule has 0 radical (unpaired) electrons. The highest BCUT2D eigenvalue weighted by Gasteiger charge is 2.28. The van der Waals surface area contributed by atoms with Gasteiger partial charge in [-0.1, -0.05) is 6.92 Å². The van der Waals surface area contributed by atoms with E-state index in [0.29, 0.717) is 6.54 Å². The van der Waals surface area contributed by atoms with Crippen LogP contribution in [0.4, 0.5) is 17.5 Å². The SMILES string of the molecule is CC1CCN(c2ncc3c(n2)N(CC(=O)N2CCN(c4cccnc4)CC2)NC3)CC1. The lowest BCUT2D eigenvalue weighted by Gasteiger charge is -2.36. The first kappa shape index (κ1) is 20.0. The van der Waals surface area contributed by atoms with Crippen LogP contribution in [0.15, 0.2) is 30.7 Å². The largest absolute Gasteiger partial charge is 0.367 e. The van der Waals surface area contributed by atoms with Crippen molar-refractivity contribution in [3.8, 4) is 0 Å². The van der Waals surface area contributed by atoms with Gasteiger partial charge in [0.2, 0.25) is 11.9 Å². The summed E-state index contributed by atoms with van der Waals surface area (Å²) in [6, 6.07) is 4.01. The van der Waals surface area contributed by atoms with Crippen molar-refractivity contribution in [3.05, 3.63) is 36.3 Å². The third-order valence-corrected chi connectivity index (χ3v) is 6.55. The molecule has 0 spiro atoms. The average Bonchev–Trinajstić information content (AvgIpc) is 3.22. The van der Waals surface area contributed by atoms with Crippen LogP contribution >= 0.6 is 0 Å². The van der Waals surface area contributed by atoms with E-state index in [9.17, 15) is 4.79 Å². The van der Waals surface area contributed by atoms with Crippen molar-refractivity contribution in [1.82, 2.24) is 25.3 Å². The van der Waals surface area contributed by atoms with E-state index in [1.807, 2.05) is 28.4 Å². The van der Waals surface area contributed by atoms with Crippen LogP contribution in [0.5, 0.6) is 0 Å². The van der Waals surface area contributed by atoms with E-state index in [0.717, 1.165) is 68.2 Å². The molecular formula is C22H30N8O. The molecule has 0 atom stereocenters. The topological polar surface area (TPSA) is 80.7 Å². The molecule has 3 aliphatic rings. The molecule has 0 aromatic carbocycles. The minimum atomic E-state index is 0.123. The molecule has 5 heterocycles. The second-order valence-electron chi connectivity index (χ2n) is 8.69.